The van der Waals surface area contributed by atoms with Crippen molar-refractivity contribution in [3.05, 3.63) is 48.0 Å². The fourth-order valence-electron chi connectivity index (χ4n) is 1.37. The van der Waals surface area contributed by atoms with Gasteiger partial charge in [0.15, 0.2) is 0 Å². The number of benzene rings is 1. The van der Waals surface area contributed by atoms with Gasteiger partial charge in [-0.15, -0.1) is 6.58 Å². The summed E-state index contributed by atoms with van der Waals surface area (Å²) >= 11 is 0. The molecule has 0 radical (unpaired) electrons. The van der Waals surface area contributed by atoms with Gasteiger partial charge >= 0.3 is 5.97 Å². The molecule has 1 N–H and O–H groups in total. The molecule has 2 nitrogen and oxygen atoms in total. The van der Waals surface area contributed by atoms with Crippen molar-refractivity contribution in [2.75, 3.05) is 0 Å². The van der Waals surface area contributed by atoms with Crippen LogP contribution in [0.4, 0.5) is 0 Å². The number of carboxylic acid groups (broad SMARTS) is 1. The highest BCUT2D eigenvalue weighted by Crippen LogP contribution is 2.20. The SMILES string of the molecule is C=CC(C)c1ccc(C(C)C(=O)O)cc1. The molecule has 15 heavy (non-hydrogen) atoms. The number of aliphatic carboxylic acids is 1. The van der Waals surface area contributed by atoms with Crippen molar-refractivity contribution in [3.63, 3.8) is 0 Å². The van der Waals surface area contributed by atoms with Crippen LogP contribution < -0.4 is 0 Å². The van der Waals surface area contributed by atoms with Gasteiger partial charge in [-0.25, -0.2) is 0 Å². The molecule has 0 spiro atoms. The van der Waals surface area contributed by atoms with Crippen molar-refractivity contribution in [3.8, 4) is 0 Å². The topological polar surface area (TPSA) is 37.3 Å². The van der Waals surface area contributed by atoms with Gasteiger partial charge in [0.2, 0.25) is 0 Å². The van der Waals surface area contributed by atoms with E-state index in [0.717, 1.165) is 11.1 Å². The van der Waals surface area contributed by atoms with Crippen LogP contribution in [0.25, 0.3) is 0 Å². The molecule has 1 rings (SSSR count). The lowest BCUT2D eigenvalue weighted by Gasteiger charge is -2.10. The van der Waals surface area contributed by atoms with E-state index in [1.165, 1.54) is 0 Å². The molecule has 0 amide bonds. The summed E-state index contributed by atoms with van der Waals surface area (Å²) in [6.07, 6.45) is 1.87. The smallest absolute Gasteiger partial charge is 0.310 e. The predicted octanol–water partition coefficient (Wildman–Crippen LogP) is 3.16. The summed E-state index contributed by atoms with van der Waals surface area (Å²) in [5.41, 5.74) is 1.99. The number of allylic oxidation sites excluding steroid dienone is 1. The third kappa shape index (κ3) is 2.69. The van der Waals surface area contributed by atoms with Crippen LogP contribution in [0.5, 0.6) is 0 Å². The highest BCUT2D eigenvalue weighted by Gasteiger charge is 2.13. The van der Waals surface area contributed by atoms with Crippen molar-refractivity contribution < 1.29 is 9.90 Å². The van der Waals surface area contributed by atoms with Crippen LogP contribution in [-0.2, 0) is 4.79 Å². The number of hydrogen-bond acceptors (Lipinski definition) is 1. The number of carbonyl (C=O) groups is 1. The minimum absolute atomic E-state index is 0.305. The van der Waals surface area contributed by atoms with Gasteiger partial charge in [-0.1, -0.05) is 37.3 Å². The number of hydrogen-bond donors (Lipinski definition) is 1. The Morgan fingerprint density at radius 1 is 1.27 bits per heavy atom. The Hall–Kier alpha value is -1.57. The summed E-state index contributed by atoms with van der Waals surface area (Å²) in [6, 6.07) is 7.66. The molecule has 0 saturated heterocycles. The van der Waals surface area contributed by atoms with Gasteiger partial charge in [-0.05, 0) is 24.0 Å². The zero-order valence-corrected chi connectivity index (χ0v) is 9.10. The lowest BCUT2D eigenvalue weighted by molar-refractivity contribution is -0.138. The lowest BCUT2D eigenvalue weighted by Crippen LogP contribution is -2.07. The van der Waals surface area contributed by atoms with Crippen molar-refractivity contribution in [1.29, 1.82) is 0 Å². The second-order valence-electron chi connectivity index (χ2n) is 3.75. The molecule has 0 saturated carbocycles. The van der Waals surface area contributed by atoms with E-state index in [9.17, 15) is 4.79 Å². The summed E-state index contributed by atoms with van der Waals surface area (Å²) < 4.78 is 0. The first-order valence-corrected chi connectivity index (χ1v) is 5.01. The van der Waals surface area contributed by atoms with Gasteiger partial charge in [0.25, 0.3) is 0 Å². The molecule has 2 unspecified atom stereocenters. The van der Waals surface area contributed by atoms with E-state index in [0.29, 0.717) is 5.92 Å². The quantitative estimate of drug-likeness (QED) is 0.765. The molecule has 2 heteroatoms. The van der Waals surface area contributed by atoms with Gasteiger partial charge < -0.3 is 5.11 Å². The van der Waals surface area contributed by atoms with Crippen LogP contribution in [0, 0.1) is 0 Å². The van der Waals surface area contributed by atoms with Crippen LogP contribution in [0.3, 0.4) is 0 Å². The zero-order chi connectivity index (χ0) is 11.4. The molecular weight excluding hydrogens is 188 g/mol. The van der Waals surface area contributed by atoms with E-state index >= 15 is 0 Å². The van der Waals surface area contributed by atoms with E-state index in [-0.39, 0.29) is 0 Å². The normalized spacial score (nSPS) is 14.3. The molecular formula is C13H16O2. The first-order valence-electron chi connectivity index (χ1n) is 5.01. The summed E-state index contributed by atoms with van der Waals surface area (Å²) in [6.45, 7) is 7.48. The van der Waals surface area contributed by atoms with Crippen molar-refractivity contribution in [2.24, 2.45) is 0 Å². The molecule has 0 bridgehead atoms. The van der Waals surface area contributed by atoms with Crippen LogP contribution in [0.15, 0.2) is 36.9 Å². The van der Waals surface area contributed by atoms with E-state index in [2.05, 4.69) is 13.5 Å². The Balaban J connectivity index is 2.89. The highest BCUT2D eigenvalue weighted by molar-refractivity contribution is 5.75. The monoisotopic (exact) mass is 204 g/mol. The van der Waals surface area contributed by atoms with E-state index < -0.39 is 11.9 Å². The molecule has 0 aliphatic heterocycles. The van der Waals surface area contributed by atoms with Gasteiger partial charge in [-0.2, -0.15) is 0 Å². The Kier molecular flexibility index (Phi) is 3.67. The van der Waals surface area contributed by atoms with Gasteiger partial charge in [-0.3, -0.25) is 4.79 Å². The van der Waals surface area contributed by atoms with Crippen LogP contribution in [-0.4, -0.2) is 11.1 Å². The molecule has 2 atom stereocenters. The van der Waals surface area contributed by atoms with E-state index in [1.54, 1.807) is 6.92 Å². The molecule has 0 aliphatic rings. The third-order valence-corrected chi connectivity index (χ3v) is 2.69. The summed E-state index contributed by atoms with van der Waals surface area (Å²) in [4.78, 5) is 10.8. The second-order valence-corrected chi connectivity index (χ2v) is 3.75. The van der Waals surface area contributed by atoms with E-state index in [1.807, 2.05) is 30.3 Å². The van der Waals surface area contributed by atoms with Crippen molar-refractivity contribution in [1.82, 2.24) is 0 Å². The average molecular weight is 204 g/mol. The Bertz CT molecular complexity index is 351. The fraction of sp³-hybridized carbons (Fsp3) is 0.308. The van der Waals surface area contributed by atoms with Gasteiger partial charge in [0, 0.05) is 0 Å². The maximum absolute atomic E-state index is 10.8. The van der Waals surface area contributed by atoms with Crippen LogP contribution >= 0.6 is 0 Å². The zero-order valence-electron chi connectivity index (χ0n) is 9.10. The predicted molar refractivity (Wildman–Crippen MR) is 61.1 cm³/mol. The Labute approximate surface area is 90.3 Å². The average Bonchev–Trinajstić information content (AvgIpc) is 2.27. The van der Waals surface area contributed by atoms with Crippen molar-refractivity contribution >= 4 is 5.97 Å². The molecule has 0 heterocycles. The summed E-state index contributed by atoms with van der Waals surface area (Å²) in [7, 11) is 0. The lowest BCUT2D eigenvalue weighted by atomic mass is 9.96. The van der Waals surface area contributed by atoms with Gasteiger partial charge in [0.05, 0.1) is 5.92 Å². The molecule has 1 aromatic rings. The first-order chi connectivity index (χ1) is 7.06. The molecule has 0 aromatic heterocycles. The summed E-state index contributed by atoms with van der Waals surface area (Å²) in [5, 5.41) is 8.84. The first kappa shape index (κ1) is 11.5. The Morgan fingerprint density at radius 3 is 2.13 bits per heavy atom. The van der Waals surface area contributed by atoms with Crippen LogP contribution in [0.1, 0.15) is 36.8 Å². The maximum atomic E-state index is 10.8. The standard InChI is InChI=1S/C13H16O2/c1-4-9(2)11-5-7-12(8-6-11)10(3)13(14)15/h4-10H,1H2,2-3H3,(H,14,15). The number of carboxylic acids is 1. The highest BCUT2D eigenvalue weighted by atomic mass is 16.4. The summed E-state index contributed by atoms with van der Waals surface area (Å²) in [5.74, 6) is -0.934. The van der Waals surface area contributed by atoms with Crippen LogP contribution in [0.2, 0.25) is 0 Å². The maximum Gasteiger partial charge on any atom is 0.310 e. The number of rotatable bonds is 4. The molecule has 1 aromatic carbocycles. The Morgan fingerprint density at radius 2 is 1.73 bits per heavy atom. The minimum atomic E-state index is -0.792. The minimum Gasteiger partial charge on any atom is -0.481 e. The second kappa shape index (κ2) is 4.78. The molecule has 0 aliphatic carbocycles. The largest absolute Gasteiger partial charge is 0.481 e. The third-order valence-electron chi connectivity index (χ3n) is 2.69. The molecule has 0 fully saturated rings. The fourth-order valence-corrected chi connectivity index (χ4v) is 1.37. The van der Waals surface area contributed by atoms with E-state index in [4.69, 9.17) is 5.11 Å². The van der Waals surface area contributed by atoms with Crippen molar-refractivity contribution in [2.45, 2.75) is 25.7 Å². The van der Waals surface area contributed by atoms with Gasteiger partial charge in [0.1, 0.15) is 0 Å². The molecule has 80 valence electrons.